The molecule has 1 aromatic carbocycles. The average molecular weight is 600 g/mol. The number of thiazole rings is 1. The van der Waals surface area contributed by atoms with Gasteiger partial charge in [0.15, 0.2) is 10.9 Å². The summed E-state index contributed by atoms with van der Waals surface area (Å²) in [5, 5.41) is 14.2. The number of aryl methyl sites for hydroxylation is 1. The normalized spacial score (nSPS) is 15.2. The molecule has 9 nitrogen and oxygen atoms in total. The van der Waals surface area contributed by atoms with Crippen LogP contribution in [0.1, 0.15) is 62.7 Å². The number of nitrogens with one attached hydrogen (secondary N) is 1. The summed E-state index contributed by atoms with van der Waals surface area (Å²) in [6, 6.07) is 11.6. The molecule has 43 heavy (non-hydrogen) atoms. The van der Waals surface area contributed by atoms with Crippen LogP contribution < -0.4 is 15.1 Å². The van der Waals surface area contributed by atoms with Crippen LogP contribution >= 0.6 is 11.3 Å². The van der Waals surface area contributed by atoms with Crippen LogP contribution in [0.4, 0.5) is 25.7 Å². The van der Waals surface area contributed by atoms with E-state index in [4.69, 9.17) is 14.7 Å². The van der Waals surface area contributed by atoms with E-state index >= 15 is 4.39 Å². The number of nitriles is 1. The van der Waals surface area contributed by atoms with E-state index in [2.05, 4.69) is 22.4 Å². The topological polar surface area (TPSA) is 107 Å². The van der Waals surface area contributed by atoms with E-state index in [1.807, 2.05) is 62.6 Å². The number of alkyl carbamates (subject to hydrolysis) is 1. The fraction of sp³-hybridized carbons (Fsp3) is 0.406. The number of rotatable bonds is 7. The van der Waals surface area contributed by atoms with Crippen LogP contribution in [0.3, 0.4) is 0 Å². The number of hydrogen-bond acceptors (Lipinski definition) is 9. The van der Waals surface area contributed by atoms with Gasteiger partial charge in [-0.15, -0.1) is 0 Å². The average Bonchev–Trinajstić information content (AvgIpc) is 3.70. The summed E-state index contributed by atoms with van der Waals surface area (Å²) in [6.45, 7) is 11.0. The maximum atomic E-state index is 15.8. The lowest BCUT2D eigenvalue weighted by atomic mass is 10.0. The first kappa shape index (κ1) is 28.8. The Hall–Kier alpha value is -4.30. The molecule has 2 fully saturated rings. The van der Waals surface area contributed by atoms with Gasteiger partial charge >= 0.3 is 6.09 Å². The Labute approximate surface area is 254 Å². The fourth-order valence-electron chi connectivity index (χ4n) is 5.23. The van der Waals surface area contributed by atoms with Gasteiger partial charge in [-0.1, -0.05) is 11.3 Å². The van der Waals surface area contributed by atoms with Crippen LogP contribution in [0.5, 0.6) is 0 Å². The number of fused-ring (bicyclic) bond motifs is 1. The quantitative estimate of drug-likeness (QED) is 0.247. The lowest BCUT2D eigenvalue weighted by molar-refractivity contribution is 0.0496. The van der Waals surface area contributed by atoms with Crippen LogP contribution in [0.2, 0.25) is 0 Å². The van der Waals surface area contributed by atoms with Gasteiger partial charge in [-0.25, -0.2) is 19.2 Å². The van der Waals surface area contributed by atoms with Crippen molar-refractivity contribution >= 4 is 44.8 Å². The third-order valence-corrected chi connectivity index (χ3v) is 8.54. The summed E-state index contributed by atoms with van der Waals surface area (Å²) in [5.74, 6) is -0.0738. The number of nitrogens with zero attached hydrogens (tertiary/aromatic N) is 6. The van der Waals surface area contributed by atoms with Gasteiger partial charge in [0.2, 0.25) is 0 Å². The number of benzene rings is 1. The highest BCUT2D eigenvalue weighted by Gasteiger charge is 2.32. The lowest BCUT2D eigenvalue weighted by Gasteiger charge is -2.41. The molecule has 1 saturated heterocycles. The molecule has 2 aliphatic rings. The SMILES string of the molecule is CCN(c1nc(-c2ccc(C)nc2)c(C#N)s1)c1cc(C2CC2)nc2c(F)cc(N3CC(NC(=O)OC(C)(C)C)C3)cc12. The van der Waals surface area contributed by atoms with Crippen molar-refractivity contribution in [3.05, 3.63) is 58.6 Å². The molecule has 1 aliphatic carbocycles. The molecule has 3 aromatic heterocycles. The Balaban J connectivity index is 1.36. The van der Waals surface area contributed by atoms with Crippen LogP contribution in [0.15, 0.2) is 36.5 Å². The zero-order valence-corrected chi connectivity index (χ0v) is 25.8. The second-order valence-corrected chi connectivity index (χ2v) is 13.1. The number of ether oxygens (including phenoxy) is 1. The van der Waals surface area contributed by atoms with Crippen molar-refractivity contribution in [3.63, 3.8) is 0 Å². The summed E-state index contributed by atoms with van der Waals surface area (Å²) in [4.78, 5) is 30.8. The molecule has 1 N–H and O–H groups in total. The van der Waals surface area contributed by atoms with Gasteiger partial charge in [0.05, 0.1) is 11.7 Å². The molecule has 4 aromatic rings. The number of pyridine rings is 2. The van der Waals surface area contributed by atoms with E-state index in [-0.39, 0.29) is 11.9 Å². The van der Waals surface area contributed by atoms with Gasteiger partial charge in [-0.05, 0) is 77.8 Å². The monoisotopic (exact) mass is 599 g/mol. The smallest absolute Gasteiger partial charge is 0.407 e. The first-order valence-electron chi connectivity index (χ1n) is 14.5. The van der Waals surface area contributed by atoms with E-state index in [9.17, 15) is 10.1 Å². The largest absolute Gasteiger partial charge is 0.444 e. The zero-order valence-electron chi connectivity index (χ0n) is 24.9. The van der Waals surface area contributed by atoms with Crippen LogP contribution in [-0.2, 0) is 4.74 Å². The molecule has 222 valence electrons. The van der Waals surface area contributed by atoms with Gasteiger partial charge < -0.3 is 19.9 Å². The Morgan fingerprint density at radius 1 is 1.23 bits per heavy atom. The molecule has 0 unspecified atom stereocenters. The number of aromatic nitrogens is 3. The lowest BCUT2D eigenvalue weighted by Crippen LogP contribution is -2.60. The molecule has 6 rings (SSSR count). The second-order valence-electron chi connectivity index (χ2n) is 12.1. The predicted octanol–water partition coefficient (Wildman–Crippen LogP) is 6.82. The highest BCUT2D eigenvalue weighted by molar-refractivity contribution is 7.16. The Morgan fingerprint density at radius 2 is 2.00 bits per heavy atom. The minimum Gasteiger partial charge on any atom is -0.444 e. The highest BCUT2D eigenvalue weighted by Crippen LogP contribution is 2.45. The van der Waals surface area contributed by atoms with Crippen molar-refractivity contribution in [3.8, 4) is 17.3 Å². The number of carbonyl (C=O) groups excluding carboxylic acids is 1. The molecule has 0 atom stereocenters. The van der Waals surface area contributed by atoms with Crippen LogP contribution in [-0.4, -0.2) is 52.3 Å². The summed E-state index contributed by atoms with van der Waals surface area (Å²) >= 11 is 1.31. The zero-order chi connectivity index (χ0) is 30.5. The number of anilines is 3. The third-order valence-electron chi connectivity index (χ3n) is 7.55. The molecule has 0 radical (unpaired) electrons. The van der Waals surface area contributed by atoms with E-state index in [0.717, 1.165) is 35.5 Å². The van der Waals surface area contributed by atoms with Crippen LogP contribution in [0.25, 0.3) is 22.2 Å². The number of hydrogen-bond donors (Lipinski definition) is 1. The van der Waals surface area contributed by atoms with E-state index in [1.165, 1.54) is 17.4 Å². The standard InChI is InChI=1S/C32H34FN7O2S/c1-6-40(30-38-28(27(14-34)43-30)20-8-7-18(2)35-15-20)26-13-25(19-9-10-19)37-29-23(26)11-22(12-24(29)33)39-16-21(17-39)36-31(41)42-32(3,4)5/h7-8,11-13,15,19,21H,6,9-10,16-17H2,1-5H3,(H,36,41). The Morgan fingerprint density at radius 3 is 2.63 bits per heavy atom. The first-order chi connectivity index (χ1) is 20.5. The molecule has 1 amide bonds. The number of halogens is 1. The minimum absolute atomic E-state index is 0.0926. The van der Waals surface area contributed by atoms with Gasteiger partial charge in [0.25, 0.3) is 0 Å². The minimum atomic E-state index is -0.577. The van der Waals surface area contributed by atoms with Crippen LogP contribution in [0, 0.1) is 24.1 Å². The van der Waals surface area contributed by atoms with Crippen molar-refractivity contribution in [1.29, 1.82) is 5.26 Å². The maximum Gasteiger partial charge on any atom is 0.407 e. The van der Waals surface area contributed by atoms with Crippen molar-refractivity contribution < 1.29 is 13.9 Å². The molecule has 1 aliphatic heterocycles. The summed E-state index contributed by atoms with van der Waals surface area (Å²) in [5.41, 5.74) is 4.40. The predicted molar refractivity (Wildman–Crippen MR) is 167 cm³/mol. The third kappa shape index (κ3) is 5.97. The second kappa shape index (κ2) is 11.1. The molecular weight excluding hydrogens is 565 g/mol. The summed E-state index contributed by atoms with van der Waals surface area (Å²) < 4.78 is 21.2. The van der Waals surface area contributed by atoms with Crippen molar-refractivity contribution in [2.75, 3.05) is 29.4 Å². The van der Waals surface area contributed by atoms with Crippen molar-refractivity contribution in [2.45, 2.75) is 65.0 Å². The van der Waals surface area contributed by atoms with Gasteiger partial charge in [-0.3, -0.25) is 4.98 Å². The molecule has 1 saturated carbocycles. The summed E-state index contributed by atoms with van der Waals surface area (Å²) in [6.07, 6.45) is 3.34. The summed E-state index contributed by atoms with van der Waals surface area (Å²) in [7, 11) is 0. The van der Waals surface area contributed by atoms with Gasteiger partial charge in [0.1, 0.15) is 27.8 Å². The van der Waals surface area contributed by atoms with E-state index < -0.39 is 11.7 Å². The van der Waals surface area contributed by atoms with Gasteiger partial charge in [0, 0.05) is 59.8 Å². The first-order valence-corrected chi connectivity index (χ1v) is 15.3. The van der Waals surface area contributed by atoms with Crippen molar-refractivity contribution in [2.24, 2.45) is 0 Å². The molecule has 0 bridgehead atoms. The molecule has 11 heteroatoms. The maximum absolute atomic E-state index is 15.8. The number of carbonyl (C=O) groups is 1. The molecule has 4 heterocycles. The molecule has 0 spiro atoms. The highest BCUT2D eigenvalue weighted by atomic mass is 32.1. The Kier molecular flexibility index (Phi) is 7.42. The fourth-order valence-corrected chi connectivity index (χ4v) is 6.20. The van der Waals surface area contributed by atoms with Gasteiger partial charge in [-0.2, -0.15) is 5.26 Å². The van der Waals surface area contributed by atoms with E-state index in [0.29, 0.717) is 57.8 Å². The molecular formula is C32H34FN7O2S. The Bertz CT molecular complexity index is 1730. The number of amides is 1. The van der Waals surface area contributed by atoms with E-state index in [1.54, 1.807) is 6.20 Å². The van der Waals surface area contributed by atoms with Crippen molar-refractivity contribution in [1.82, 2.24) is 20.3 Å².